The van der Waals surface area contributed by atoms with E-state index < -0.39 is 30.0 Å². The number of nitrogens with one attached hydrogen (secondary N) is 1. The van der Waals surface area contributed by atoms with E-state index in [0.29, 0.717) is 6.92 Å². The van der Waals surface area contributed by atoms with E-state index in [0.717, 1.165) is 0 Å². The van der Waals surface area contributed by atoms with Gasteiger partial charge in [0, 0.05) is 12.1 Å². The summed E-state index contributed by atoms with van der Waals surface area (Å²) in [6, 6.07) is 5.17. The average molecular weight is 290 g/mol. The van der Waals surface area contributed by atoms with Crippen LogP contribution in [0.1, 0.15) is 18.1 Å². The number of carbonyl (C=O) groups is 1. The first kappa shape index (κ1) is 15.9. The summed E-state index contributed by atoms with van der Waals surface area (Å²) < 4.78 is 51.8. The molecular weight excluding hydrogens is 280 g/mol. The number of hydrogen-bond donors (Lipinski definition) is 2. The fraction of sp³-hybridized carbons (Fsp3) is 0.333. The molecule has 0 bridgehead atoms. The van der Waals surface area contributed by atoms with Crippen LogP contribution in [-0.4, -0.2) is 22.8 Å². The van der Waals surface area contributed by atoms with Crippen molar-refractivity contribution in [3.05, 3.63) is 35.1 Å². The molecule has 1 aromatic rings. The molecule has 0 aliphatic rings. The van der Waals surface area contributed by atoms with Gasteiger partial charge >= 0.3 is 12.1 Å². The molecule has 0 radical (unpaired) electrons. The number of hydrogen-bond acceptors (Lipinski definition) is 3. The molecule has 2 N–H and O–H groups in total. The Morgan fingerprint density at radius 2 is 2.05 bits per heavy atom. The lowest BCUT2D eigenvalue weighted by atomic mass is 10.0. The Labute approximate surface area is 111 Å². The Hall–Kier alpha value is -2.14. The highest BCUT2D eigenvalue weighted by Gasteiger charge is 2.57. The molecule has 0 amide bonds. The van der Waals surface area contributed by atoms with Gasteiger partial charge in [-0.25, -0.2) is 9.18 Å². The highest BCUT2D eigenvalue weighted by atomic mass is 19.4. The molecule has 0 aliphatic heterocycles. The first-order valence-corrected chi connectivity index (χ1v) is 5.36. The van der Waals surface area contributed by atoms with Gasteiger partial charge in [0.25, 0.3) is 0 Å². The largest absolute Gasteiger partial charge is 0.480 e. The van der Waals surface area contributed by atoms with Gasteiger partial charge in [-0.2, -0.15) is 18.4 Å². The van der Waals surface area contributed by atoms with Crippen LogP contribution < -0.4 is 5.32 Å². The van der Waals surface area contributed by atoms with Gasteiger partial charge in [0.05, 0.1) is 5.56 Å². The second kappa shape index (κ2) is 5.46. The van der Waals surface area contributed by atoms with Gasteiger partial charge < -0.3 is 5.11 Å². The maximum Gasteiger partial charge on any atom is 0.417 e. The van der Waals surface area contributed by atoms with E-state index in [1.54, 1.807) is 11.4 Å². The molecular formula is C12H10F4N2O2. The van der Waals surface area contributed by atoms with Crippen LogP contribution in [-0.2, 0) is 11.3 Å². The second-order valence-corrected chi connectivity index (χ2v) is 4.17. The van der Waals surface area contributed by atoms with Crippen LogP contribution >= 0.6 is 0 Å². The van der Waals surface area contributed by atoms with Gasteiger partial charge in [-0.05, 0) is 13.0 Å². The standard InChI is InChI=1S/C12H10F4N2O2/c1-11(10(19)20,12(14,15)16)18-6-8-4-2-3-7(5-17)9(8)13/h2-4,18H,6H2,1H3,(H,19,20). The first-order valence-electron chi connectivity index (χ1n) is 5.36. The third kappa shape index (κ3) is 2.88. The Morgan fingerprint density at radius 3 is 2.50 bits per heavy atom. The van der Waals surface area contributed by atoms with Crippen LogP contribution in [0.25, 0.3) is 0 Å². The zero-order valence-corrected chi connectivity index (χ0v) is 10.3. The molecule has 0 heterocycles. The van der Waals surface area contributed by atoms with Gasteiger partial charge in [0.2, 0.25) is 5.54 Å². The number of carboxylic acid groups (broad SMARTS) is 1. The van der Waals surface area contributed by atoms with Crippen LogP contribution in [0.2, 0.25) is 0 Å². The Bertz CT molecular complexity index is 566. The van der Waals surface area contributed by atoms with E-state index in [-0.39, 0.29) is 11.1 Å². The summed E-state index contributed by atoms with van der Waals surface area (Å²) >= 11 is 0. The quantitative estimate of drug-likeness (QED) is 0.834. The molecule has 0 fully saturated rings. The molecule has 8 heteroatoms. The van der Waals surface area contributed by atoms with Crippen molar-refractivity contribution in [3.8, 4) is 6.07 Å². The predicted octanol–water partition coefficient (Wildman–Crippen LogP) is 2.19. The monoisotopic (exact) mass is 290 g/mol. The summed E-state index contributed by atoms with van der Waals surface area (Å²) in [5.41, 5.74) is -3.75. The number of nitriles is 1. The number of benzene rings is 1. The average Bonchev–Trinajstić information content (AvgIpc) is 2.35. The Morgan fingerprint density at radius 1 is 1.45 bits per heavy atom. The van der Waals surface area contributed by atoms with E-state index in [1.165, 1.54) is 18.2 Å². The smallest absolute Gasteiger partial charge is 0.417 e. The van der Waals surface area contributed by atoms with Crippen molar-refractivity contribution in [1.29, 1.82) is 5.26 Å². The van der Waals surface area contributed by atoms with Crippen molar-refractivity contribution in [2.75, 3.05) is 0 Å². The van der Waals surface area contributed by atoms with Gasteiger partial charge in [-0.3, -0.25) is 5.32 Å². The summed E-state index contributed by atoms with van der Waals surface area (Å²) in [5, 5.41) is 19.1. The summed E-state index contributed by atoms with van der Waals surface area (Å²) in [5.74, 6) is -3.10. The summed E-state index contributed by atoms with van der Waals surface area (Å²) in [6.07, 6.45) is -5.05. The molecule has 108 valence electrons. The summed E-state index contributed by atoms with van der Waals surface area (Å²) in [4.78, 5) is 10.8. The van der Waals surface area contributed by atoms with Gasteiger partial charge in [0.1, 0.15) is 11.9 Å². The second-order valence-electron chi connectivity index (χ2n) is 4.17. The minimum atomic E-state index is -5.05. The normalized spacial score (nSPS) is 14.4. The van der Waals surface area contributed by atoms with E-state index in [2.05, 4.69) is 0 Å². The third-order valence-electron chi connectivity index (χ3n) is 2.83. The lowest BCUT2D eigenvalue weighted by molar-refractivity contribution is -0.206. The summed E-state index contributed by atoms with van der Waals surface area (Å²) in [6.45, 7) is -0.231. The van der Waals surface area contributed by atoms with E-state index in [4.69, 9.17) is 10.4 Å². The first-order chi connectivity index (χ1) is 9.13. The highest BCUT2D eigenvalue weighted by Crippen LogP contribution is 2.30. The lowest BCUT2D eigenvalue weighted by Gasteiger charge is -2.28. The van der Waals surface area contributed by atoms with Crippen LogP contribution in [0.4, 0.5) is 17.6 Å². The van der Waals surface area contributed by atoms with Crippen molar-refractivity contribution in [1.82, 2.24) is 5.32 Å². The summed E-state index contributed by atoms with van der Waals surface area (Å²) in [7, 11) is 0. The van der Waals surface area contributed by atoms with Crippen LogP contribution in [0, 0.1) is 17.1 Å². The zero-order chi connectivity index (χ0) is 15.6. The van der Waals surface area contributed by atoms with Gasteiger partial charge in [-0.15, -0.1) is 0 Å². The van der Waals surface area contributed by atoms with E-state index in [1.807, 2.05) is 0 Å². The van der Waals surface area contributed by atoms with Crippen LogP contribution in [0.5, 0.6) is 0 Å². The van der Waals surface area contributed by atoms with Crippen molar-refractivity contribution in [3.63, 3.8) is 0 Å². The molecule has 0 aromatic heterocycles. The zero-order valence-electron chi connectivity index (χ0n) is 10.3. The van der Waals surface area contributed by atoms with Crippen molar-refractivity contribution < 1.29 is 27.5 Å². The predicted molar refractivity (Wildman–Crippen MR) is 60.1 cm³/mol. The molecule has 4 nitrogen and oxygen atoms in total. The van der Waals surface area contributed by atoms with Gasteiger partial charge in [0.15, 0.2) is 0 Å². The number of rotatable bonds is 4. The minimum absolute atomic E-state index is 0.222. The highest BCUT2D eigenvalue weighted by molar-refractivity contribution is 5.79. The third-order valence-corrected chi connectivity index (χ3v) is 2.83. The number of aliphatic carboxylic acids is 1. The topological polar surface area (TPSA) is 73.1 Å². The van der Waals surface area contributed by atoms with Crippen molar-refractivity contribution >= 4 is 5.97 Å². The molecule has 0 saturated heterocycles. The van der Waals surface area contributed by atoms with Crippen LogP contribution in [0.3, 0.4) is 0 Å². The lowest BCUT2D eigenvalue weighted by Crippen LogP contribution is -2.59. The number of halogens is 4. The fourth-order valence-electron chi connectivity index (χ4n) is 1.37. The van der Waals surface area contributed by atoms with Crippen molar-refractivity contribution in [2.45, 2.75) is 25.2 Å². The number of carboxylic acids is 1. The fourth-order valence-corrected chi connectivity index (χ4v) is 1.37. The van der Waals surface area contributed by atoms with Crippen LogP contribution in [0.15, 0.2) is 18.2 Å². The molecule has 1 aromatic carbocycles. The Kier molecular flexibility index (Phi) is 4.35. The van der Waals surface area contributed by atoms with E-state index >= 15 is 0 Å². The molecule has 1 atom stereocenters. The van der Waals surface area contributed by atoms with Gasteiger partial charge in [-0.1, -0.05) is 12.1 Å². The molecule has 0 aliphatic carbocycles. The van der Waals surface area contributed by atoms with Crippen molar-refractivity contribution in [2.24, 2.45) is 0 Å². The maximum absolute atomic E-state index is 13.7. The molecule has 20 heavy (non-hydrogen) atoms. The maximum atomic E-state index is 13.7. The SMILES string of the molecule is CC(NCc1cccc(C#N)c1F)(C(=O)O)C(F)(F)F. The molecule has 0 spiro atoms. The van der Waals surface area contributed by atoms with E-state index in [9.17, 15) is 22.4 Å². The molecule has 0 saturated carbocycles. The Balaban J connectivity index is 3.02. The molecule has 1 rings (SSSR count). The molecule has 1 unspecified atom stereocenters. The number of nitrogens with zero attached hydrogens (tertiary/aromatic N) is 1. The minimum Gasteiger partial charge on any atom is -0.480 e. The number of alkyl halides is 3.